The molecular weight excluding hydrogens is 307 g/mol. The summed E-state index contributed by atoms with van der Waals surface area (Å²) in [6, 6.07) is 7.91. The van der Waals surface area contributed by atoms with E-state index in [0.717, 1.165) is 18.6 Å². The SMILES string of the molecule is C.C.C.COP(=O)(OC)OCCCc1ccc(O[SiH3])cc1. The zero-order chi connectivity index (χ0) is 13.4. The molecule has 0 unspecified atom stereocenters. The van der Waals surface area contributed by atoms with Crippen molar-refractivity contribution >= 4 is 18.3 Å². The summed E-state index contributed by atoms with van der Waals surface area (Å²) in [5.74, 6) is 0.893. The monoisotopic (exact) mass is 338 g/mol. The Bertz CT molecular complexity index is 389. The molecule has 0 saturated heterocycles. The molecular formula is C14H31O5PSi. The third kappa shape index (κ3) is 9.06. The van der Waals surface area contributed by atoms with Crippen LogP contribution >= 0.6 is 7.82 Å². The summed E-state index contributed by atoms with van der Waals surface area (Å²) in [4.78, 5) is 0. The molecule has 0 aliphatic carbocycles. The van der Waals surface area contributed by atoms with Crippen LogP contribution in [-0.4, -0.2) is 31.3 Å². The fourth-order valence-electron chi connectivity index (χ4n) is 1.42. The first-order valence-electron chi connectivity index (χ1n) is 5.62. The van der Waals surface area contributed by atoms with E-state index in [1.54, 1.807) is 0 Å². The first-order chi connectivity index (χ1) is 8.63. The lowest BCUT2D eigenvalue weighted by atomic mass is 10.1. The Hall–Kier alpha value is -0.653. The molecule has 21 heavy (non-hydrogen) atoms. The summed E-state index contributed by atoms with van der Waals surface area (Å²) in [6.07, 6.45) is 1.59. The van der Waals surface area contributed by atoms with E-state index in [2.05, 4.69) is 9.05 Å². The molecule has 0 N–H and O–H groups in total. The number of rotatable bonds is 8. The molecule has 0 aromatic heterocycles. The topological polar surface area (TPSA) is 54.0 Å². The van der Waals surface area contributed by atoms with Gasteiger partial charge in [0.15, 0.2) is 0 Å². The highest BCUT2D eigenvalue weighted by Crippen LogP contribution is 2.47. The molecule has 1 aromatic carbocycles. The Morgan fingerprint density at radius 3 is 2.00 bits per heavy atom. The highest BCUT2D eigenvalue weighted by molar-refractivity contribution is 7.48. The highest BCUT2D eigenvalue weighted by Gasteiger charge is 2.21. The average Bonchev–Trinajstić information content (AvgIpc) is 2.44. The van der Waals surface area contributed by atoms with E-state index in [1.165, 1.54) is 19.8 Å². The molecule has 1 aromatic rings. The minimum atomic E-state index is -3.33. The minimum absolute atomic E-state index is 0. The Balaban J connectivity index is -0.00000108. The molecule has 0 radical (unpaired) electrons. The summed E-state index contributed by atoms with van der Waals surface area (Å²) in [5.41, 5.74) is 1.19. The van der Waals surface area contributed by atoms with Gasteiger partial charge in [-0.05, 0) is 30.5 Å². The lowest BCUT2D eigenvalue weighted by molar-refractivity contribution is 0.151. The van der Waals surface area contributed by atoms with Crippen molar-refractivity contribution < 1.29 is 22.6 Å². The standard InChI is InChI=1S/C11H19O5PSi.3CH4/c1-13-17(12,14-2)15-9-3-4-10-5-7-11(16-18)8-6-10;;;/h5-8H,3-4,9H2,1-2,18H3;3*1H4. The van der Waals surface area contributed by atoms with Gasteiger partial charge in [0, 0.05) is 14.2 Å². The number of phosphoric acid groups is 1. The fraction of sp³-hybridized carbons (Fsp3) is 0.571. The van der Waals surface area contributed by atoms with Gasteiger partial charge in [-0.15, -0.1) is 0 Å². The molecule has 1 rings (SSSR count). The number of aryl methyl sites for hydroxylation is 1. The Labute approximate surface area is 133 Å². The van der Waals surface area contributed by atoms with Crippen molar-refractivity contribution in [3.8, 4) is 5.75 Å². The zero-order valence-electron chi connectivity index (χ0n) is 10.9. The lowest BCUT2D eigenvalue weighted by Crippen LogP contribution is -1.98. The van der Waals surface area contributed by atoms with Crippen LogP contribution in [0.2, 0.25) is 0 Å². The van der Waals surface area contributed by atoms with E-state index >= 15 is 0 Å². The number of benzene rings is 1. The maximum Gasteiger partial charge on any atom is 0.474 e. The molecule has 126 valence electrons. The van der Waals surface area contributed by atoms with Gasteiger partial charge in [0.2, 0.25) is 10.5 Å². The van der Waals surface area contributed by atoms with Gasteiger partial charge in [-0.25, -0.2) is 4.57 Å². The summed E-state index contributed by atoms with van der Waals surface area (Å²) in [7, 11) is -0.0311. The van der Waals surface area contributed by atoms with E-state index in [4.69, 9.17) is 8.95 Å². The molecule has 0 aliphatic rings. The molecule has 0 bridgehead atoms. The van der Waals surface area contributed by atoms with Crippen LogP contribution in [0.15, 0.2) is 24.3 Å². The first kappa shape index (κ1) is 25.3. The number of hydrogen-bond donors (Lipinski definition) is 0. The van der Waals surface area contributed by atoms with Crippen molar-refractivity contribution in [1.82, 2.24) is 0 Å². The quantitative estimate of drug-likeness (QED) is 0.412. The van der Waals surface area contributed by atoms with Gasteiger partial charge >= 0.3 is 7.82 Å². The lowest BCUT2D eigenvalue weighted by Gasteiger charge is -2.12. The zero-order valence-corrected chi connectivity index (χ0v) is 13.8. The van der Waals surface area contributed by atoms with Crippen LogP contribution in [0.5, 0.6) is 5.75 Å². The van der Waals surface area contributed by atoms with Crippen LogP contribution in [0.25, 0.3) is 0 Å². The maximum absolute atomic E-state index is 11.6. The smallest absolute Gasteiger partial charge is 0.474 e. The van der Waals surface area contributed by atoms with E-state index in [0.29, 0.717) is 17.1 Å². The highest BCUT2D eigenvalue weighted by atomic mass is 31.2. The summed E-state index contributed by atoms with van der Waals surface area (Å²) in [5, 5.41) is 0. The van der Waals surface area contributed by atoms with E-state index in [9.17, 15) is 4.57 Å². The fourth-order valence-corrected chi connectivity index (χ4v) is 2.41. The van der Waals surface area contributed by atoms with Crippen molar-refractivity contribution in [2.24, 2.45) is 0 Å². The molecule has 0 fully saturated rings. The molecule has 0 heterocycles. The van der Waals surface area contributed by atoms with Crippen LogP contribution in [0, 0.1) is 0 Å². The molecule has 0 amide bonds. The van der Waals surface area contributed by atoms with Gasteiger partial charge < -0.3 is 4.43 Å². The van der Waals surface area contributed by atoms with Crippen LogP contribution in [0.3, 0.4) is 0 Å². The Morgan fingerprint density at radius 1 is 1.05 bits per heavy atom. The summed E-state index contributed by atoms with van der Waals surface area (Å²) >= 11 is 0. The van der Waals surface area contributed by atoms with Crippen molar-refractivity contribution in [2.45, 2.75) is 35.1 Å². The van der Waals surface area contributed by atoms with E-state index in [1.807, 2.05) is 24.3 Å². The van der Waals surface area contributed by atoms with Crippen LogP contribution in [-0.2, 0) is 24.6 Å². The van der Waals surface area contributed by atoms with Gasteiger partial charge in [-0.3, -0.25) is 13.6 Å². The average molecular weight is 338 g/mol. The van der Waals surface area contributed by atoms with Gasteiger partial charge in [0.05, 0.1) is 6.61 Å². The molecule has 0 spiro atoms. The molecule has 7 heteroatoms. The first-order valence-corrected chi connectivity index (χ1v) is 7.90. The predicted octanol–water partition coefficient (Wildman–Crippen LogP) is 3.60. The van der Waals surface area contributed by atoms with Crippen molar-refractivity contribution in [3.63, 3.8) is 0 Å². The molecule has 5 nitrogen and oxygen atoms in total. The van der Waals surface area contributed by atoms with Gasteiger partial charge in [0.1, 0.15) is 5.75 Å². The molecule has 0 saturated carbocycles. The van der Waals surface area contributed by atoms with Crippen LogP contribution < -0.4 is 4.43 Å². The van der Waals surface area contributed by atoms with Gasteiger partial charge in [0.25, 0.3) is 0 Å². The third-order valence-corrected chi connectivity index (χ3v) is 4.33. The van der Waals surface area contributed by atoms with Gasteiger partial charge in [-0.2, -0.15) is 0 Å². The van der Waals surface area contributed by atoms with Crippen molar-refractivity contribution in [1.29, 1.82) is 0 Å². The van der Waals surface area contributed by atoms with E-state index < -0.39 is 7.82 Å². The Morgan fingerprint density at radius 2 is 1.57 bits per heavy atom. The second-order valence-electron chi connectivity index (χ2n) is 3.60. The van der Waals surface area contributed by atoms with Crippen LogP contribution in [0.4, 0.5) is 0 Å². The normalized spacial score (nSPS) is 10.0. The Kier molecular flexibility index (Phi) is 15.7. The molecule has 0 atom stereocenters. The largest absolute Gasteiger partial charge is 0.553 e. The number of hydrogen-bond acceptors (Lipinski definition) is 5. The second kappa shape index (κ2) is 13.0. The summed E-state index contributed by atoms with van der Waals surface area (Å²) in [6.45, 7) is 0.331. The third-order valence-electron chi connectivity index (χ3n) is 2.47. The van der Waals surface area contributed by atoms with Crippen molar-refractivity contribution in [3.05, 3.63) is 29.8 Å². The van der Waals surface area contributed by atoms with Gasteiger partial charge in [-0.1, -0.05) is 34.4 Å². The maximum atomic E-state index is 11.6. The number of phosphoric ester groups is 1. The molecule has 0 aliphatic heterocycles. The predicted molar refractivity (Wildman–Crippen MR) is 93.1 cm³/mol. The minimum Gasteiger partial charge on any atom is -0.553 e. The second-order valence-corrected chi connectivity index (χ2v) is 5.89. The van der Waals surface area contributed by atoms with Crippen molar-refractivity contribution in [2.75, 3.05) is 20.8 Å². The summed E-state index contributed by atoms with van der Waals surface area (Å²) < 4.78 is 31.2. The van der Waals surface area contributed by atoms with Crippen LogP contribution in [0.1, 0.15) is 34.3 Å². The van der Waals surface area contributed by atoms with E-state index in [-0.39, 0.29) is 22.3 Å².